The summed E-state index contributed by atoms with van der Waals surface area (Å²) in [6.45, 7) is 4.53. The fourth-order valence-corrected chi connectivity index (χ4v) is 4.64. The third kappa shape index (κ3) is 3.67. The molecular weight excluding hydrogens is 259 g/mol. The monoisotopic (exact) mass is 292 g/mol. The van der Waals surface area contributed by atoms with Crippen molar-refractivity contribution in [2.24, 2.45) is 11.8 Å². The molecule has 2 aliphatic carbocycles. The maximum absolute atomic E-state index is 6.50. The van der Waals surface area contributed by atoms with E-state index in [0.717, 1.165) is 18.3 Å². The minimum absolute atomic E-state index is 0.0638. The fourth-order valence-electron chi connectivity index (χ4n) is 4.64. The zero-order valence-electron chi connectivity index (χ0n) is 14.1. The second-order valence-electron chi connectivity index (χ2n) is 7.75. The van der Waals surface area contributed by atoms with Crippen molar-refractivity contribution in [3.05, 3.63) is 0 Å². The van der Waals surface area contributed by atoms with Crippen molar-refractivity contribution in [2.45, 2.75) is 103 Å². The molecule has 0 aromatic rings. The first-order valence-corrected chi connectivity index (χ1v) is 9.60. The standard InChI is InChI=1S/C18H33BO2/c1-3-14(2)19-20-17(15-10-6-4-7-11-15)18(21-19)16-12-8-5-9-13-16/h14-18H,3-13H2,1-2H3/t14-,17-,18-/m0/s1. The fraction of sp³-hybridized carbons (Fsp3) is 1.00. The van der Waals surface area contributed by atoms with Crippen LogP contribution in [0.5, 0.6) is 0 Å². The van der Waals surface area contributed by atoms with Gasteiger partial charge in [-0.1, -0.05) is 58.8 Å². The van der Waals surface area contributed by atoms with Gasteiger partial charge in [0.05, 0.1) is 12.2 Å². The molecule has 2 nitrogen and oxygen atoms in total. The quantitative estimate of drug-likeness (QED) is 0.661. The molecule has 1 heterocycles. The second-order valence-corrected chi connectivity index (χ2v) is 7.75. The topological polar surface area (TPSA) is 18.5 Å². The molecule has 1 aliphatic heterocycles. The molecular formula is C18H33BO2. The van der Waals surface area contributed by atoms with Gasteiger partial charge in [-0.3, -0.25) is 0 Å². The predicted octanol–water partition coefficient (Wildman–Crippen LogP) is 5.22. The second kappa shape index (κ2) is 7.50. The van der Waals surface area contributed by atoms with Gasteiger partial charge in [-0.2, -0.15) is 0 Å². The Morgan fingerprint density at radius 3 is 1.62 bits per heavy atom. The highest BCUT2D eigenvalue weighted by atomic mass is 16.7. The van der Waals surface area contributed by atoms with E-state index in [-0.39, 0.29) is 7.12 Å². The van der Waals surface area contributed by atoms with Gasteiger partial charge in [0, 0.05) is 0 Å². The van der Waals surface area contributed by atoms with Crippen LogP contribution in [-0.4, -0.2) is 19.3 Å². The van der Waals surface area contributed by atoms with Crippen LogP contribution in [0, 0.1) is 11.8 Å². The van der Waals surface area contributed by atoms with Crippen molar-refractivity contribution < 1.29 is 9.31 Å². The molecule has 0 aromatic heterocycles. The summed E-state index contributed by atoms with van der Waals surface area (Å²) >= 11 is 0. The molecule has 3 atom stereocenters. The summed E-state index contributed by atoms with van der Waals surface area (Å²) in [5.74, 6) is 2.06. The van der Waals surface area contributed by atoms with E-state index in [1.165, 1.54) is 64.2 Å². The SMILES string of the molecule is CC[C@H](C)B1O[C@@H](C2CCCCC2)[C@H](C2CCCCC2)O1. The first kappa shape index (κ1) is 15.9. The summed E-state index contributed by atoms with van der Waals surface area (Å²) in [5, 5.41) is 0. The Kier molecular flexibility index (Phi) is 5.67. The third-order valence-corrected chi connectivity index (χ3v) is 6.24. The Labute approximate surface area is 131 Å². The largest absolute Gasteiger partial charge is 0.460 e. The molecule has 0 bridgehead atoms. The first-order chi connectivity index (χ1) is 10.3. The van der Waals surface area contributed by atoms with Crippen LogP contribution in [0.2, 0.25) is 5.82 Å². The molecule has 0 aromatic carbocycles. The Balaban J connectivity index is 1.69. The van der Waals surface area contributed by atoms with E-state index >= 15 is 0 Å². The van der Waals surface area contributed by atoms with Crippen molar-refractivity contribution in [3.8, 4) is 0 Å². The third-order valence-electron chi connectivity index (χ3n) is 6.24. The van der Waals surface area contributed by atoms with Gasteiger partial charge in [0.1, 0.15) is 0 Å². The predicted molar refractivity (Wildman–Crippen MR) is 88.4 cm³/mol. The first-order valence-electron chi connectivity index (χ1n) is 9.60. The molecule has 0 unspecified atom stereocenters. The van der Waals surface area contributed by atoms with E-state index in [0.29, 0.717) is 18.0 Å². The summed E-state index contributed by atoms with van der Waals surface area (Å²) in [7, 11) is 0.0638. The molecule has 3 fully saturated rings. The normalized spacial score (nSPS) is 34.3. The van der Waals surface area contributed by atoms with Gasteiger partial charge in [-0.05, 0) is 43.3 Å². The van der Waals surface area contributed by atoms with E-state index in [1.807, 2.05) is 0 Å². The van der Waals surface area contributed by atoms with Crippen LogP contribution >= 0.6 is 0 Å². The van der Waals surface area contributed by atoms with Crippen LogP contribution < -0.4 is 0 Å². The van der Waals surface area contributed by atoms with Crippen LogP contribution in [0.25, 0.3) is 0 Å². The summed E-state index contributed by atoms with van der Waals surface area (Å²) in [6.07, 6.45) is 15.8. The Morgan fingerprint density at radius 2 is 1.24 bits per heavy atom. The Morgan fingerprint density at radius 1 is 0.810 bits per heavy atom. The van der Waals surface area contributed by atoms with Crippen molar-refractivity contribution >= 4 is 7.12 Å². The summed E-state index contributed by atoms with van der Waals surface area (Å²) < 4.78 is 13.0. The molecule has 21 heavy (non-hydrogen) atoms. The minimum atomic E-state index is 0.0638. The van der Waals surface area contributed by atoms with E-state index in [2.05, 4.69) is 13.8 Å². The summed E-state index contributed by atoms with van der Waals surface area (Å²) in [4.78, 5) is 0. The van der Waals surface area contributed by atoms with E-state index in [1.54, 1.807) is 0 Å². The highest BCUT2D eigenvalue weighted by Gasteiger charge is 2.48. The molecule has 120 valence electrons. The Hall–Kier alpha value is -0.0151. The average molecular weight is 292 g/mol. The zero-order chi connectivity index (χ0) is 14.7. The maximum Gasteiger partial charge on any atom is 0.460 e. The molecule has 1 saturated heterocycles. The molecule has 3 aliphatic rings. The van der Waals surface area contributed by atoms with Crippen LogP contribution in [0.15, 0.2) is 0 Å². The average Bonchev–Trinajstić information content (AvgIpc) is 3.01. The minimum Gasteiger partial charge on any atom is -0.405 e. The van der Waals surface area contributed by atoms with E-state index < -0.39 is 0 Å². The number of rotatable bonds is 4. The lowest BCUT2D eigenvalue weighted by Crippen LogP contribution is -2.38. The van der Waals surface area contributed by atoms with E-state index in [4.69, 9.17) is 9.31 Å². The summed E-state index contributed by atoms with van der Waals surface area (Å²) in [6, 6.07) is 0. The van der Waals surface area contributed by atoms with Gasteiger partial charge in [0.2, 0.25) is 0 Å². The van der Waals surface area contributed by atoms with Gasteiger partial charge in [0.25, 0.3) is 0 Å². The molecule has 2 saturated carbocycles. The van der Waals surface area contributed by atoms with Gasteiger partial charge < -0.3 is 9.31 Å². The van der Waals surface area contributed by atoms with Crippen LogP contribution in [0.1, 0.15) is 84.5 Å². The lowest BCUT2D eigenvalue weighted by Gasteiger charge is -2.35. The van der Waals surface area contributed by atoms with Crippen LogP contribution in [0.3, 0.4) is 0 Å². The molecule has 3 heteroatoms. The highest BCUT2D eigenvalue weighted by molar-refractivity contribution is 6.47. The van der Waals surface area contributed by atoms with Gasteiger partial charge in [-0.25, -0.2) is 0 Å². The number of hydrogen-bond donors (Lipinski definition) is 0. The molecule has 0 spiro atoms. The lowest BCUT2D eigenvalue weighted by molar-refractivity contribution is 0.0324. The van der Waals surface area contributed by atoms with Crippen molar-refractivity contribution in [3.63, 3.8) is 0 Å². The molecule has 0 radical (unpaired) electrons. The van der Waals surface area contributed by atoms with Crippen molar-refractivity contribution in [1.29, 1.82) is 0 Å². The van der Waals surface area contributed by atoms with Gasteiger partial charge in [0.15, 0.2) is 0 Å². The smallest absolute Gasteiger partial charge is 0.405 e. The number of hydrogen-bond acceptors (Lipinski definition) is 2. The molecule has 0 amide bonds. The molecule has 3 rings (SSSR count). The van der Waals surface area contributed by atoms with Gasteiger partial charge >= 0.3 is 7.12 Å². The zero-order valence-corrected chi connectivity index (χ0v) is 14.1. The molecule has 0 N–H and O–H groups in total. The lowest BCUT2D eigenvalue weighted by atomic mass is 9.72. The highest BCUT2D eigenvalue weighted by Crippen LogP contribution is 2.42. The summed E-state index contributed by atoms with van der Waals surface area (Å²) in [5.41, 5.74) is 0. The van der Waals surface area contributed by atoms with Crippen LogP contribution in [0.4, 0.5) is 0 Å². The Bertz CT molecular complexity index is 284. The van der Waals surface area contributed by atoms with E-state index in [9.17, 15) is 0 Å². The maximum atomic E-state index is 6.50. The van der Waals surface area contributed by atoms with Crippen LogP contribution in [-0.2, 0) is 9.31 Å². The van der Waals surface area contributed by atoms with Crippen molar-refractivity contribution in [2.75, 3.05) is 0 Å². The van der Waals surface area contributed by atoms with Crippen molar-refractivity contribution in [1.82, 2.24) is 0 Å². The van der Waals surface area contributed by atoms with Gasteiger partial charge in [-0.15, -0.1) is 0 Å².